The van der Waals surface area contributed by atoms with Gasteiger partial charge in [-0.05, 0) is 42.8 Å². The van der Waals surface area contributed by atoms with Crippen molar-refractivity contribution < 1.29 is 14.8 Å². The van der Waals surface area contributed by atoms with Crippen LogP contribution in [0.2, 0.25) is 5.02 Å². The minimum atomic E-state index is -1.05. The Hall–Kier alpha value is -3.12. The van der Waals surface area contributed by atoms with Gasteiger partial charge in [0.1, 0.15) is 0 Å². The summed E-state index contributed by atoms with van der Waals surface area (Å²) in [7, 11) is 0. The van der Waals surface area contributed by atoms with Crippen LogP contribution in [0, 0.1) is 17.0 Å². The molecule has 0 saturated heterocycles. The second-order valence-corrected chi connectivity index (χ2v) is 5.83. The van der Waals surface area contributed by atoms with Crippen LogP contribution in [-0.2, 0) is 0 Å². The maximum absolute atomic E-state index is 11.5. The molecule has 1 heterocycles. The van der Waals surface area contributed by atoms with Gasteiger partial charge in [-0.25, -0.2) is 4.79 Å². The molecule has 6 nitrogen and oxygen atoms in total. The molecule has 126 valence electrons. The molecule has 25 heavy (non-hydrogen) atoms. The van der Waals surface area contributed by atoms with Crippen molar-refractivity contribution in [2.24, 2.45) is 0 Å². The molecule has 0 saturated carbocycles. The predicted octanol–water partition coefficient (Wildman–Crippen LogP) is 4.71. The summed E-state index contributed by atoms with van der Waals surface area (Å²) in [5.74, 6) is -1.05. The van der Waals surface area contributed by atoms with Crippen LogP contribution in [0.15, 0.2) is 54.6 Å². The molecule has 0 aliphatic carbocycles. The Kier molecular flexibility index (Phi) is 4.29. The highest BCUT2D eigenvalue weighted by molar-refractivity contribution is 6.32. The van der Waals surface area contributed by atoms with Crippen LogP contribution < -0.4 is 0 Å². The zero-order chi connectivity index (χ0) is 18.1. The van der Waals surface area contributed by atoms with E-state index in [0.29, 0.717) is 27.7 Å². The maximum atomic E-state index is 11.5. The summed E-state index contributed by atoms with van der Waals surface area (Å²) in [6.07, 6.45) is 0. The Bertz CT molecular complexity index is 977. The van der Waals surface area contributed by atoms with E-state index >= 15 is 0 Å². The number of halogens is 1. The van der Waals surface area contributed by atoms with Crippen LogP contribution in [-0.4, -0.2) is 20.6 Å². The summed E-state index contributed by atoms with van der Waals surface area (Å²) in [6.45, 7) is 1.70. The van der Waals surface area contributed by atoms with Crippen molar-refractivity contribution in [3.63, 3.8) is 0 Å². The Morgan fingerprint density at radius 3 is 2.36 bits per heavy atom. The molecule has 2 aromatic carbocycles. The molecule has 0 unspecified atom stereocenters. The van der Waals surface area contributed by atoms with E-state index in [-0.39, 0.29) is 11.3 Å². The number of carbonyl (C=O) groups is 1. The van der Waals surface area contributed by atoms with Crippen molar-refractivity contribution in [2.45, 2.75) is 6.92 Å². The lowest BCUT2D eigenvalue weighted by Crippen LogP contribution is -2.03. The lowest BCUT2D eigenvalue weighted by molar-refractivity contribution is -0.384. The third-order valence-corrected chi connectivity index (χ3v) is 4.26. The van der Waals surface area contributed by atoms with Crippen molar-refractivity contribution in [1.29, 1.82) is 0 Å². The summed E-state index contributed by atoms with van der Waals surface area (Å²) in [4.78, 5) is 21.9. The first-order valence-corrected chi connectivity index (χ1v) is 7.73. The Labute approximate surface area is 148 Å². The molecule has 0 bridgehead atoms. The monoisotopic (exact) mass is 356 g/mol. The summed E-state index contributed by atoms with van der Waals surface area (Å²) in [5.41, 5.74) is 2.53. The lowest BCUT2D eigenvalue weighted by Gasteiger charge is -2.13. The fourth-order valence-electron chi connectivity index (χ4n) is 2.73. The van der Waals surface area contributed by atoms with Crippen LogP contribution in [0.1, 0.15) is 16.1 Å². The largest absolute Gasteiger partial charge is 0.478 e. The molecule has 0 atom stereocenters. The van der Waals surface area contributed by atoms with Crippen molar-refractivity contribution in [1.82, 2.24) is 4.57 Å². The van der Waals surface area contributed by atoms with Crippen LogP contribution >= 0.6 is 11.6 Å². The highest BCUT2D eigenvalue weighted by Crippen LogP contribution is 2.33. The van der Waals surface area contributed by atoms with Gasteiger partial charge in [0.15, 0.2) is 0 Å². The van der Waals surface area contributed by atoms with E-state index in [1.807, 2.05) is 0 Å². The molecule has 3 rings (SSSR count). The van der Waals surface area contributed by atoms with Gasteiger partial charge in [0, 0.05) is 17.8 Å². The van der Waals surface area contributed by atoms with Gasteiger partial charge in [0.25, 0.3) is 5.69 Å². The minimum Gasteiger partial charge on any atom is -0.478 e. The second-order valence-electron chi connectivity index (χ2n) is 5.42. The summed E-state index contributed by atoms with van der Waals surface area (Å²) in [5, 5.41) is 20.8. The van der Waals surface area contributed by atoms with Gasteiger partial charge < -0.3 is 9.67 Å². The highest BCUT2D eigenvalue weighted by Gasteiger charge is 2.20. The zero-order valence-corrected chi connectivity index (χ0v) is 13.9. The first-order chi connectivity index (χ1) is 11.9. The summed E-state index contributed by atoms with van der Waals surface area (Å²) >= 11 is 6.29. The number of non-ortho nitro benzene ring substituents is 1. The normalized spacial score (nSPS) is 10.6. The standard InChI is InChI=1S/C18H13ClN2O4/c1-11-14(18(22)23)10-17(12-6-8-13(9-7-12)21(24)25)20(11)16-5-3-2-4-15(16)19/h2-10H,1H3,(H,22,23). The topological polar surface area (TPSA) is 85.4 Å². The van der Waals surface area contributed by atoms with Crippen LogP contribution in [0.4, 0.5) is 5.69 Å². The second kappa shape index (κ2) is 6.41. The summed E-state index contributed by atoms with van der Waals surface area (Å²) < 4.78 is 1.74. The van der Waals surface area contributed by atoms with E-state index in [1.54, 1.807) is 54.0 Å². The van der Waals surface area contributed by atoms with Crippen molar-refractivity contribution in [3.8, 4) is 16.9 Å². The van der Waals surface area contributed by atoms with Crippen LogP contribution in [0.3, 0.4) is 0 Å². The van der Waals surface area contributed by atoms with Crippen molar-refractivity contribution in [3.05, 3.63) is 81.0 Å². The average Bonchev–Trinajstić information content (AvgIpc) is 2.93. The number of hydrogen-bond acceptors (Lipinski definition) is 3. The van der Waals surface area contributed by atoms with Crippen LogP contribution in [0.5, 0.6) is 0 Å². The molecule has 0 amide bonds. The number of rotatable bonds is 4. The van der Waals surface area contributed by atoms with E-state index in [4.69, 9.17) is 11.6 Å². The number of para-hydroxylation sites is 1. The molecule has 0 radical (unpaired) electrons. The number of carboxylic acid groups (broad SMARTS) is 1. The van der Waals surface area contributed by atoms with Gasteiger partial charge in [0.2, 0.25) is 0 Å². The lowest BCUT2D eigenvalue weighted by atomic mass is 10.1. The zero-order valence-electron chi connectivity index (χ0n) is 13.1. The predicted molar refractivity (Wildman–Crippen MR) is 94.6 cm³/mol. The van der Waals surface area contributed by atoms with E-state index in [0.717, 1.165) is 0 Å². The number of nitrogens with zero attached hydrogens (tertiary/aromatic N) is 2. The molecule has 7 heteroatoms. The highest BCUT2D eigenvalue weighted by atomic mass is 35.5. The molecule has 0 aliphatic heterocycles. The number of hydrogen-bond donors (Lipinski definition) is 1. The maximum Gasteiger partial charge on any atom is 0.337 e. The van der Waals surface area contributed by atoms with E-state index in [1.165, 1.54) is 12.1 Å². The number of carboxylic acids is 1. The van der Waals surface area contributed by atoms with Gasteiger partial charge in [-0.2, -0.15) is 0 Å². The molecule has 1 N–H and O–H groups in total. The number of nitro groups is 1. The number of benzene rings is 2. The van der Waals surface area contributed by atoms with Crippen molar-refractivity contribution in [2.75, 3.05) is 0 Å². The smallest absolute Gasteiger partial charge is 0.337 e. The molecule has 3 aromatic rings. The number of nitro benzene ring substituents is 1. The number of aromatic nitrogens is 1. The molecular formula is C18H13ClN2O4. The Morgan fingerprint density at radius 1 is 1.16 bits per heavy atom. The van der Waals surface area contributed by atoms with Gasteiger partial charge >= 0.3 is 5.97 Å². The quantitative estimate of drug-likeness (QED) is 0.541. The third kappa shape index (κ3) is 2.99. The number of aromatic carboxylic acids is 1. The Balaban J connectivity index is 2.25. The first-order valence-electron chi connectivity index (χ1n) is 7.35. The minimum absolute atomic E-state index is 0.0326. The van der Waals surface area contributed by atoms with E-state index in [2.05, 4.69) is 0 Å². The van der Waals surface area contributed by atoms with Crippen molar-refractivity contribution >= 4 is 23.3 Å². The molecular weight excluding hydrogens is 344 g/mol. The third-order valence-electron chi connectivity index (χ3n) is 3.94. The van der Waals surface area contributed by atoms with E-state index in [9.17, 15) is 20.0 Å². The van der Waals surface area contributed by atoms with E-state index < -0.39 is 10.9 Å². The van der Waals surface area contributed by atoms with Crippen LogP contribution in [0.25, 0.3) is 16.9 Å². The fraction of sp³-hybridized carbons (Fsp3) is 0.0556. The average molecular weight is 357 g/mol. The van der Waals surface area contributed by atoms with Gasteiger partial charge in [0.05, 0.1) is 26.9 Å². The fourth-order valence-corrected chi connectivity index (χ4v) is 2.95. The van der Waals surface area contributed by atoms with Gasteiger partial charge in [-0.15, -0.1) is 0 Å². The molecule has 0 fully saturated rings. The first kappa shape index (κ1) is 16.7. The van der Waals surface area contributed by atoms with Gasteiger partial charge in [-0.3, -0.25) is 10.1 Å². The Morgan fingerprint density at radius 2 is 1.80 bits per heavy atom. The van der Waals surface area contributed by atoms with Gasteiger partial charge in [-0.1, -0.05) is 23.7 Å². The SMILES string of the molecule is Cc1c(C(=O)O)cc(-c2ccc([N+](=O)[O-])cc2)n1-c1ccccc1Cl. The molecule has 1 aromatic heterocycles. The summed E-state index contributed by atoms with van der Waals surface area (Å²) in [6, 6.07) is 14.6. The molecule has 0 spiro atoms. The molecule has 0 aliphatic rings.